The maximum absolute atomic E-state index is 12.3. The topological polar surface area (TPSA) is 137 Å². The largest absolute Gasteiger partial charge is 0.416 e. The minimum Gasteiger partial charge on any atom is -0.395 e. The van der Waals surface area contributed by atoms with Crippen LogP contribution in [0.15, 0.2) is 84.9 Å². The van der Waals surface area contributed by atoms with Crippen LogP contribution in [0.3, 0.4) is 0 Å². The normalized spacial score (nSPS) is 12.8. The number of nitrogens with two attached hydrogens (primary N) is 1. The van der Waals surface area contributed by atoms with E-state index >= 15 is 0 Å². The maximum atomic E-state index is 12.3. The summed E-state index contributed by atoms with van der Waals surface area (Å²) in [6.07, 6.45) is -1.54. The van der Waals surface area contributed by atoms with Gasteiger partial charge < -0.3 is 16.2 Å². The molecule has 44 heavy (non-hydrogen) atoms. The van der Waals surface area contributed by atoms with Gasteiger partial charge in [-0.1, -0.05) is 42.5 Å². The number of hydrogen-bond donors (Lipinski definition) is 3. The number of rotatable bonds is 6. The number of carbonyl (C=O) groups is 2. The van der Waals surface area contributed by atoms with Crippen molar-refractivity contribution < 1.29 is 32.3 Å². The monoisotopic (exact) mass is 610 g/mol. The number of benzene rings is 3. The fraction of sp³-hybridized carbons (Fsp3) is 0.226. The molecule has 0 bridgehead atoms. The van der Waals surface area contributed by atoms with Crippen LogP contribution in [0.25, 0.3) is 5.69 Å². The number of aliphatic hydroxyl groups excluding tert-OH is 1. The number of para-hydroxylation sites is 1. The van der Waals surface area contributed by atoms with E-state index < -0.39 is 17.6 Å². The van der Waals surface area contributed by atoms with E-state index in [0.717, 1.165) is 35.1 Å². The van der Waals surface area contributed by atoms with Crippen LogP contribution in [0.2, 0.25) is 0 Å². The van der Waals surface area contributed by atoms with Crippen LogP contribution in [-0.4, -0.2) is 39.9 Å². The molecule has 0 saturated carbocycles. The van der Waals surface area contributed by atoms with Crippen molar-refractivity contribution in [3.63, 3.8) is 0 Å². The summed E-state index contributed by atoms with van der Waals surface area (Å²) < 4.78 is 49.9. The number of alkyl halides is 3. The summed E-state index contributed by atoms with van der Waals surface area (Å²) in [4.78, 5) is 24.5. The van der Waals surface area contributed by atoms with E-state index in [-0.39, 0.29) is 36.5 Å². The van der Waals surface area contributed by atoms with Gasteiger partial charge in [0.2, 0.25) is 11.8 Å². The van der Waals surface area contributed by atoms with Gasteiger partial charge in [-0.15, -0.1) is 0 Å². The first-order valence-corrected chi connectivity index (χ1v) is 13.4. The van der Waals surface area contributed by atoms with Crippen LogP contribution in [-0.2, 0) is 17.4 Å². The number of carbonyl (C=O) groups excluding carboxylic acids is 2. The summed E-state index contributed by atoms with van der Waals surface area (Å²) in [5.41, 5.74) is 6.34. The molecule has 0 saturated heterocycles. The number of fused-ring (bicyclic) bond motifs is 1. The Hall–Kier alpha value is -5.22. The highest BCUT2D eigenvalue weighted by Gasteiger charge is 2.33. The third-order valence-corrected chi connectivity index (χ3v) is 6.36. The first kappa shape index (κ1) is 33.3. The molecule has 2 heterocycles. The lowest BCUT2D eigenvalue weighted by Gasteiger charge is -2.28. The van der Waals surface area contributed by atoms with Crippen molar-refractivity contribution in [3.05, 3.63) is 113 Å². The molecule has 0 aliphatic carbocycles. The summed E-state index contributed by atoms with van der Waals surface area (Å²) in [5.74, 6) is -0.386. The van der Waals surface area contributed by atoms with Crippen molar-refractivity contribution in [1.29, 1.82) is 5.26 Å². The van der Waals surface area contributed by atoms with Crippen molar-refractivity contribution in [3.8, 4) is 11.9 Å². The van der Waals surface area contributed by atoms with Gasteiger partial charge in [-0.2, -0.15) is 23.5 Å². The van der Waals surface area contributed by atoms with Crippen LogP contribution in [0, 0.1) is 17.3 Å². The van der Waals surface area contributed by atoms with Crippen molar-refractivity contribution in [1.82, 2.24) is 15.1 Å². The van der Waals surface area contributed by atoms with Crippen LogP contribution in [0.1, 0.15) is 46.6 Å². The quantitative estimate of drug-likeness (QED) is 0.161. The van der Waals surface area contributed by atoms with E-state index in [1.54, 1.807) is 27.8 Å². The van der Waals surface area contributed by atoms with Crippen LogP contribution < -0.4 is 16.0 Å². The summed E-state index contributed by atoms with van der Waals surface area (Å²) in [7, 11) is 0. The second-order valence-electron chi connectivity index (χ2n) is 9.42. The molecule has 0 fully saturated rings. The predicted octanol–water partition coefficient (Wildman–Crippen LogP) is 4.91. The number of amides is 2. The van der Waals surface area contributed by atoms with Gasteiger partial charge in [0.1, 0.15) is 11.6 Å². The first-order valence-electron chi connectivity index (χ1n) is 13.4. The van der Waals surface area contributed by atoms with E-state index in [1.807, 2.05) is 43.4 Å². The Balaban J connectivity index is 0.000000219. The van der Waals surface area contributed by atoms with Gasteiger partial charge in [-0.05, 0) is 55.8 Å². The minimum absolute atomic E-state index is 0.0268. The zero-order valence-corrected chi connectivity index (χ0v) is 23.6. The number of aromatic nitrogens is 2. The van der Waals surface area contributed by atoms with Gasteiger partial charge in [0.25, 0.3) is 0 Å². The number of nitriles is 1. The fourth-order valence-corrected chi connectivity index (χ4v) is 4.32. The molecule has 3 aromatic carbocycles. The fourth-order valence-electron chi connectivity index (χ4n) is 4.32. The predicted molar refractivity (Wildman–Crippen MR) is 155 cm³/mol. The van der Waals surface area contributed by atoms with Crippen LogP contribution in [0.4, 0.5) is 23.4 Å². The Labute approximate surface area is 251 Å². The number of β-amino-alcohol motifs (C(OH)–C–C–N with tert-alkyl or cyclic N) is 1. The lowest BCUT2D eigenvalue weighted by atomic mass is 10.0. The first-order chi connectivity index (χ1) is 21.0. The Morgan fingerprint density at radius 2 is 1.70 bits per heavy atom. The SMILES string of the molecule is CC(NC#N)c1nn(-c2ccccc2)c2c1CCC(=O)N2CCO.Fc1ccccc1.NC(=O)c1cccc(C(F)(F)F)c1. The number of nitrogens with zero attached hydrogens (tertiary/aromatic N) is 4. The molecule has 1 unspecified atom stereocenters. The van der Waals surface area contributed by atoms with E-state index in [2.05, 4.69) is 10.4 Å². The Morgan fingerprint density at radius 1 is 1.07 bits per heavy atom. The highest BCUT2D eigenvalue weighted by Crippen LogP contribution is 2.35. The molecule has 0 radical (unpaired) electrons. The Kier molecular flexibility index (Phi) is 11.6. The summed E-state index contributed by atoms with van der Waals surface area (Å²) in [5, 5.41) is 25.6. The number of nitrogens with one attached hydrogen (secondary N) is 1. The lowest BCUT2D eigenvalue weighted by molar-refractivity contribution is -0.137. The van der Waals surface area contributed by atoms with E-state index in [9.17, 15) is 32.3 Å². The van der Waals surface area contributed by atoms with E-state index in [4.69, 9.17) is 11.0 Å². The van der Waals surface area contributed by atoms with Crippen LogP contribution in [0.5, 0.6) is 0 Å². The number of anilines is 1. The number of hydrogen-bond acceptors (Lipinski definition) is 6. The van der Waals surface area contributed by atoms with Gasteiger partial charge in [-0.3, -0.25) is 14.5 Å². The van der Waals surface area contributed by atoms with Gasteiger partial charge in [-0.25, -0.2) is 9.07 Å². The van der Waals surface area contributed by atoms with Crippen molar-refractivity contribution in [2.45, 2.75) is 32.0 Å². The van der Waals surface area contributed by atoms with Crippen molar-refractivity contribution >= 4 is 17.6 Å². The molecule has 4 N–H and O–H groups in total. The molecule has 2 amide bonds. The Bertz CT molecular complexity index is 1590. The third kappa shape index (κ3) is 8.65. The zero-order chi connectivity index (χ0) is 32.3. The van der Waals surface area contributed by atoms with E-state index in [0.29, 0.717) is 18.7 Å². The molecule has 0 spiro atoms. The van der Waals surface area contributed by atoms with E-state index in [1.165, 1.54) is 18.2 Å². The molecule has 13 heteroatoms. The zero-order valence-electron chi connectivity index (χ0n) is 23.6. The average molecular weight is 611 g/mol. The Morgan fingerprint density at radius 3 is 2.23 bits per heavy atom. The molecular weight excluding hydrogens is 580 g/mol. The second kappa shape index (κ2) is 15.3. The summed E-state index contributed by atoms with van der Waals surface area (Å²) >= 11 is 0. The highest BCUT2D eigenvalue weighted by atomic mass is 19.4. The molecule has 1 aliphatic heterocycles. The second-order valence-corrected chi connectivity index (χ2v) is 9.42. The standard InChI is InChI=1S/C17H19N5O2.C8H6F3NO.C6H5F/c1-12(19-11-18)16-14-7-8-15(24)21(9-10-23)17(14)22(20-16)13-5-3-2-4-6-13;9-8(10,11)6-3-1-2-5(4-6)7(12)13;7-6-4-2-1-3-5-6/h2-6,12,19,23H,7-10H2,1H3;1-4H,(H2,12,13);1-5H. The summed E-state index contributed by atoms with van der Waals surface area (Å²) in [6, 6.07) is 21.2. The summed E-state index contributed by atoms with van der Waals surface area (Å²) in [6.45, 7) is 1.98. The number of primary amides is 1. The highest BCUT2D eigenvalue weighted by molar-refractivity contribution is 5.96. The van der Waals surface area contributed by atoms with Crippen LogP contribution >= 0.6 is 0 Å². The minimum atomic E-state index is -4.44. The van der Waals surface area contributed by atoms with Gasteiger partial charge in [0.15, 0.2) is 6.19 Å². The molecule has 4 aromatic rings. The average Bonchev–Trinajstić information content (AvgIpc) is 3.40. The molecule has 230 valence electrons. The lowest BCUT2D eigenvalue weighted by Crippen LogP contribution is -2.38. The molecule has 1 aliphatic rings. The molecule has 5 rings (SSSR count). The van der Waals surface area contributed by atoms with Gasteiger partial charge >= 0.3 is 6.18 Å². The molecule has 1 atom stereocenters. The third-order valence-electron chi connectivity index (χ3n) is 6.36. The number of aliphatic hydroxyl groups is 1. The van der Waals surface area contributed by atoms with Gasteiger partial charge in [0.05, 0.1) is 36.1 Å². The van der Waals surface area contributed by atoms with Crippen molar-refractivity contribution in [2.24, 2.45) is 5.73 Å². The maximum Gasteiger partial charge on any atom is 0.416 e. The molecule has 1 aromatic heterocycles. The molecule has 9 nitrogen and oxygen atoms in total. The molecular formula is C31H30F4N6O3. The number of halogens is 4. The van der Waals surface area contributed by atoms with Gasteiger partial charge in [0, 0.05) is 17.5 Å². The smallest absolute Gasteiger partial charge is 0.395 e. The van der Waals surface area contributed by atoms with Crippen molar-refractivity contribution in [2.75, 3.05) is 18.1 Å².